The van der Waals surface area contributed by atoms with Crippen molar-refractivity contribution in [3.8, 4) is 0 Å². The minimum atomic E-state index is -0.833. The van der Waals surface area contributed by atoms with Gasteiger partial charge in [-0.05, 0) is 32.0 Å². The Kier molecular flexibility index (Phi) is 6.68. The van der Waals surface area contributed by atoms with Gasteiger partial charge in [-0.15, -0.1) is 11.3 Å². The lowest BCUT2D eigenvalue weighted by Crippen LogP contribution is -2.59. The van der Waals surface area contributed by atoms with E-state index in [0.717, 1.165) is 5.13 Å². The Labute approximate surface area is 195 Å². The van der Waals surface area contributed by atoms with Crippen molar-refractivity contribution in [2.45, 2.75) is 18.4 Å². The second-order valence-corrected chi connectivity index (χ2v) is 8.99. The van der Waals surface area contributed by atoms with Crippen molar-refractivity contribution in [3.05, 3.63) is 29.0 Å². The van der Waals surface area contributed by atoms with Crippen LogP contribution >= 0.6 is 11.3 Å². The van der Waals surface area contributed by atoms with Gasteiger partial charge in [0.25, 0.3) is 5.91 Å². The Morgan fingerprint density at radius 1 is 1.18 bits per heavy atom. The zero-order valence-corrected chi connectivity index (χ0v) is 19.2. The lowest BCUT2D eigenvalue weighted by atomic mass is 9.86. The first-order chi connectivity index (χ1) is 15.8. The molecule has 0 aliphatic carbocycles. The number of anilines is 4. The van der Waals surface area contributed by atoms with Crippen LogP contribution in [0.25, 0.3) is 0 Å². The first-order valence-corrected chi connectivity index (χ1v) is 11.6. The number of primary amides is 1. The maximum absolute atomic E-state index is 15.0. The second-order valence-electron chi connectivity index (χ2n) is 8.15. The van der Waals surface area contributed by atoms with Crippen LogP contribution in [0.1, 0.15) is 23.3 Å². The number of carbonyl (C=O) groups excluding carboxylic acids is 2. The number of hydrogen-bond acceptors (Lipinski definition) is 9. The molecule has 2 aliphatic rings. The van der Waals surface area contributed by atoms with Gasteiger partial charge in [0.05, 0.1) is 24.6 Å². The summed E-state index contributed by atoms with van der Waals surface area (Å²) in [5, 5.41) is 8.20. The first-order valence-electron chi connectivity index (χ1n) is 10.8. The monoisotopic (exact) mass is 477 g/mol. The normalized spacial score (nSPS) is 18.2. The predicted molar refractivity (Wildman–Crippen MR) is 126 cm³/mol. The van der Waals surface area contributed by atoms with E-state index in [0.29, 0.717) is 52.2 Å². The van der Waals surface area contributed by atoms with Gasteiger partial charge in [0.2, 0.25) is 5.91 Å². The van der Waals surface area contributed by atoms with Crippen LogP contribution in [-0.2, 0) is 9.53 Å². The summed E-state index contributed by atoms with van der Waals surface area (Å²) in [5.74, 6) is -1.43. The molecule has 178 valence electrons. The molecule has 1 aromatic heterocycles. The molecule has 0 radical (unpaired) electrons. The number of carbonyl (C=O) groups is 2. The number of aromatic nitrogens is 1. The molecule has 0 saturated carbocycles. The van der Waals surface area contributed by atoms with Crippen LogP contribution in [0.5, 0.6) is 0 Å². The van der Waals surface area contributed by atoms with E-state index >= 15 is 4.39 Å². The van der Waals surface area contributed by atoms with Gasteiger partial charge in [0.1, 0.15) is 11.2 Å². The van der Waals surface area contributed by atoms with Crippen molar-refractivity contribution >= 4 is 45.3 Å². The Balaban J connectivity index is 1.53. The Bertz CT molecular complexity index is 1030. The van der Waals surface area contributed by atoms with E-state index in [1.807, 2.05) is 0 Å². The summed E-state index contributed by atoms with van der Waals surface area (Å²) in [6, 6.07) is 2.75. The molecule has 0 unspecified atom stereocenters. The predicted octanol–water partition coefficient (Wildman–Crippen LogP) is 0.997. The fourth-order valence-corrected chi connectivity index (χ4v) is 5.08. The highest BCUT2D eigenvalue weighted by Crippen LogP contribution is 2.36. The molecule has 2 amide bonds. The van der Waals surface area contributed by atoms with E-state index in [-0.39, 0.29) is 22.8 Å². The molecule has 33 heavy (non-hydrogen) atoms. The third-order valence-electron chi connectivity index (χ3n) is 6.22. The summed E-state index contributed by atoms with van der Waals surface area (Å²) in [5.41, 5.74) is 11.5. The molecule has 1 aromatic carbocycles. The number of halogens is 1. The molecule has 4 rings (SSSR count). The number of thiazole rings is 1. The SMILES string of the molecule is CNC1(C(N)=O)CCN(c2c(F)cc(N)cc2NC(=O)c2csc(N3CCOCC3)n2)CC1. The van der Waals surface area contributed by atoms with Gasteiger partial charge in [-0.25, -0.2) is 9.37 Å². The molecule has 2 saturated heterocycles. The lowest BCUT2D eigenvalue weighted by molar-refractivity contribution is -0.125. The number of benzene rings is 1. The Hall–Kier alpha value is -2.96. The molecule has 10 nitrogen and oxygen atoms in total. The molecule has 3 heterocycles. The number of nitrogens with two attached hydrogens (primary N) is 2. The van der Waals surface area contributed by atoms with Crippen LogP contribution in [0.2, 0.25) is 0 Å². The van der Waals surface area contributed by atoms with Gasteiger partial charge in [-0.1, -0.05) is 0 Å². The number of morpholine rings is 1. The standard InChI is InChI=1S/C21H28FN7O3S/c1-25-21(19(24)31)2-4-28(5-3-21)17-14(22)10-13(23)11-15(17)26-18(30)16-12-33-20(27-16)29-6-8-32-9-7-29/h10-12,25H,2-9,23H2,1H3,(H2,24,31)(H,26,30). The number of hydrogen-bond donors (Lipinski definition) is 4. The number of nitrogens with one attached hydrogen (secondary N) is 2. The van der Waals surface area contributed by atoms with E-state index < -0.39 is 23.2 Å². The fraction of sp³-hybridized carbons (Fsp3) is 0.476. The minimum Gasteiger partial charge on any atom is -0.399 e. The van der Waals surface area contributed by atoms with Crippen molar-refractivity contribution < 1.29 is 18.7 Å². The van der Waals surface area contributed by atoms with Gasteiger partial charge < -0.3 is 36.6 Å². The molecule has 2 aliphatic heterocycles. The van der Waals surface area contributed by atoms with Gasteiger partial charge in [-0.2, -0.15) is 0 Å². The molecule has 6 N–H and O–H groups in total. The molecule has 0 bridgehead atoms. The Morgan fingerprint density at radius 3 is 2.52 bits per heavy atom. The molecule has 2 aromatic rings. The van der Waals surface area contributed by atoms with E-state index in [1.165, 1.54) is 23.5 Å². The van der Waals surface area contributed by atoms with Crippen molar-refractivity contribution in [3.63, 3.8) is 0 Å². The zero-order chi connectivity index (χ0) is 23.6. The number of rotatable bonds is 6. The average Bonchev–Trinajstić information content (AvgIpc) is 3.30. The van der Waals surface area contributed by atoms with Crippen LogP contribution in [-0.4, -0.2) is 68.8 Å². The maximum Gasteiger partial charge on any atom is 0.275 e. The third-order valence-corrected chi connectivity index (χ3v) is 7.13. The molecule has 2 fully saturated rings. The highest BCUT2D eigenvalue weighted by molar-refractivity contribution is 7.14. The van der Waals surface area contributed by atoms with Crippen LogP contribution in [0.3, 0.4) is 0 Å². The van der Waals surface area contributed by atoms with E-state index in [4.69, 9.17) is 16.2 Å². The minimum absolute atomic E-state index is 0.192. The smallest absolute Gasteiger partial charge is 0.275 e. The fourth-order valence-electron chi connectivity index (χ4n) is 4.22. The number of piperidine rings is 1. The molecule has 12 heteroatoms. The number of likely N-dealkylation sites (N-methyl/N-ethyl adjacent to an activating group) is 1. The summed E-state index contributed by atoms with van der Waals surface area (Å²) >= 11 is 1.38. The quantitative estimate of drug-likeness (QED) is 0.452. The summed E-state index contributed by atoms with van der Waals surface area (Å²) < 4.78 is 20.4. The van der Waals surface area contributed by atoms with Gasteiger partial charge in [0, 0.05) is 37.2 Å². The number of nitrogens with zero attached hydrogens (tertiary/aromatic N) is 3. The topological polar surface area (TPSA) is 139 Å². The van der Waals surface area contributed by atoms with Crippen LogP contribution < -0.4 is 31.9 Å². The highest BCUT2D eigenvalue weighted by Gasteiger charge is 2.39. The molecule has 0 spiro atoms. The number of nitrogen functional groups attached to an aromatic ring is 1. The van der Waals surface area contributed by atoms with Crippen LogP contribution in [0, 0.1) is 5.82 Å². The lowest BCUT2D eigenvalue weighted by Gasteiger charge is -2.41. The van der Waals surface area contributed by atoms with Crippen molar-refractivity contribution in [1.82, 2.24) is 10.3 Å². The third kappa shape index (κ3) is 4.72. The first kappa shape index (κ1) is 23.2. The summed E-state index contributed by atoms with van der Waals surface area (Å²) in [7, 11) is 1.69. The maximum atomic E-state index is 15.0. The summed E-state index contributed by atoms with van der Waals surface area (Å²) in [4.78, 5) is 33.2. The van der Waals surface area contributed by atoms with Crippen LogP contribution in [0.4, 0.5) is 26.6 Å². The second kappa shape index (κ2) is 9.49. The van der Waals surface area contributed by atoms with E-state index in [9.17, 15) is 9.59 Å². The van der Waals surface area contributed by atoms with E-state index in [1.54, 1.807) is 17.3 Å². The summed E-state index contributed by atoms with van der Waals surface area (Å²) in [6.07, 6.45) is 0.816. The van der Waals surface area contributed by atoms with Crippen LogP contribution in [0.15, 0.2) is 17.5 Å². The van der Waals surface area contributed by atoms with Crippen molar-refractivity contribution in [2.24, 2.45) is 5.73 Å². The highest BCUT2D eigenvalue weighted by atomic mass is 32.1. The Morgan fingerprint density at radius 2 is 1.88 bits per heavy atom. The average molecular weight is 478 g/mol. The van der Waals surface area contributed by atoms with Crippen molar-refractivity contribution in [1.29, 1.82) is 0 Å². The molecular weight excluding hydrogens is 449 g/mol. The largest absolute Gasteiger partial charge is 0.399 e. The van der Waals surface area contributed by atoms with Gasteiger partial charge >= 0.3 is 0 Å². The van der Waals surface area contributed by atoms with Crippen molar-refractivity contribution in [2.75, 3.05) is 67.3 Å². The summed E-state index contributed by atoms with van der Waals surface area (Å²) in [6.45, 7) is 3.43. The number of ether oxygens (including phenoxy) is 1. The number of amides is 2. The molecule has 0 atom stereocenters. The molecular formula is C21H28FN7O3S. The zero-order valence-electron chi connectivity index (χ0n) is 18.4. The van der Waals surface area contributed by atoms with Gasteiger partial charge in [-0.3, -0.25) is 9.59 Å². The van der Waals surface area contributed by atoms with Gasteiger partial charge in [0.15, 0.2) is 10.9 Å². The van der Waals surface area contributed by atoms with E-state index in [2.05, 4.69) is 20.5 Å².